The molecule has 0 aromatic carbocycles. The zero-order valence-electron chi connectivity index (χ0n) is 9.34. The van der Waals surface area contributed by atoms with Gasteiger partial charge in [-0.05, 0) is 6.92 Å². The highest BCUT2D eigenvalue weighted by atomic mass is 16.5. The van der Waals surface area contributed by atoms with Crippen LogP contribution in [0.1, 0.15) is 22.2 Å². The van der Waals surface area contributed by atoms with Gasteiger partial charge in [0.05, 0.1) is 19.8 Å². The normalized spacial score (nSPS) is 10.6. The molecule has 0 aliphatic carbocycles. The first kappa shape index (κ1) is 13.4. The van der Waals surface area contributed by atoms with Crippen molar-refractivity contribution in [3.8, 4) is 0 Å². The quantitative estimate of drug-likeness (QED) is 0.603. The van der Waals surface area contributed by atoms with Gasteiger partial charge in [-0.3, -0.25) is 4.79 Å². The predicted molar refractivity (Wildman–Crippen MR) is 57.3 cm³/mol. The monoisotopic (exact) mass is 205 g/mol. The Morgan fingerprint density at radius 2 is 1.93 bits per heavy atom. The minimum absolute atomic E-state index is 0. The Balaban J connectivity index is 0. The minimum Gasteiger partial charge on any atom is -0.379 e. The molecule has 1 N–H and O–H groups in total. The topological polar surface area (TPSA) is 47.6 Å². The van der Waals surface area contributed by atoms with E-state index in [1.165, 1.54) is 0 Å². The van der Waals surface area contributed by atoms with E-state index < -0.39 is 0 Å². The van der Waals surface area contributed by atoms with Crippen molar-refractivity contribution in [2.24, 2.45) is 5.92 Å². The highest BCUT2D eigenvalue weighted by Gasteiger charge is 2.04. The van der Waals surface area contributed by atoms with Crippen LogP contribution in [0.2, 0.25) is 0 Å². The molecular formula is C10H23NO3. The first-order valence-corrected chi connectivity index (χ1v) is 5.11. The number of carbonyl (C=O) groups excluding carboxylic acids is 1. The molecular weight excluding hydrogens is 182 g/mol. The average Bonchev–Trinajstić information content (AvgIpc) is 2.16. The summed E-state index contributed by atoms with van der Waals surface area (Å²) in [5, 5.41) is 2.77. The Kier molecular flexibility index (Phi) is 8.57. The van der Waals surface area contributed by atoms with Crippen LogP contribution in [-0.2, 0) is 14.3 Å². The zero-order chi connectivity index (χ0) is 10.8. The van der Waals surface area contributed by atoms with Crippen molar-refractivity contribution >= 4 is 5.91 Å². The summed E-state index contributed by atoms with van der Waals surface area (Å²) in [6.07, 6.45) is 0. The van der Waals surface area contributed by atoms with E-state index in [4.69, 9.17) is 9.47 Å². The lowest BCUT2D eigenvalue weighted by atomic mass is 10.2. The van der Waals surface area contributed by atoms with Gasteiger partial charge in [-0.1, -0.05) is 13.8 Å². The molecule has 0 saturated carbocycles. The van der Waals surface area contributed by atoms with E-state index in [1.807, 2.05) is 20.8 Å². The van der Waals surface area contributed by atoms with Gasteiger partial charge in [0.1, 0.15) is 0 Å². The van der Waals surface area contributed by atoms with Gasteiger partial charge in [-0.15, -0.1) is 0 Å². The molecule has 14 heavy (non-hydrogen) atoms. The third kappa shape index (κ3) is 8.01. The molecule has 0 spiro atoms. The fourth-order valence-electron chi connectivity index (χ4n) is 0.815. The second-order valence-electron chi connectivity index (χ2n) is 3.26. The van der Waals surface area contributed by atoms with Crippen molar-refractivity contribution in [3.05, 3.63) is 0 Å². The molecule has 4 nitrogen and oxygen atoms in total. The first-order chi connectivity index (χ1) is 6.68. The Morgan fingerprint density at radius 3 is 2.50 bits per heavy atom. The van der Waals surface area contributed by atoms with Gasteiger partial charge in [0.15, 0.2) is 0 Å². The summed E-state index contributed by atoms with van der Waals surface area (Å²) in [5.41, 5.74) is 0. The number of hydrogen-bond acceptors (Lipinski definition) is 3. The van der Waals surface area contributed by atoms with E-state index in [2.05, 4.69) is 5.32 Å². The van der Waals surface area contributed by atoms with Gasteiger partial charge in [0, 0.05) is 20.5 Å². The van der Waals surface area contributed by atoms with Gasteiger partial charge in [0.2, 0.25) is 5.91 Å². The van der Waals surface area contributed by atoms with Gasteiger partial charge < -0.3 is 14.8 Å². The lowest BCUT2D eigenvalue weighted by molar-refractivity contribution is -0.124. The summed E-state index contributed by atoms with van der Waals surface area (Å²) in [5.74, 6) is 0.108. The van der Waals surface area contributed by atoms with Crippen LogP contribution in [0, 0.1) is 5.92 Å². The Morgan fingerprint density at radius 1 is 1.29 bits per heavy atom. The van der Waals surface area contributed by atoms with Gasteiger partial charge in [-0.2, -0.15) is 0 Å². The van der Waals surface area contributed by atoms with E-state index in [0.29, 0.717) is 33.0 Å². The van der Waals surface area contributed by atoms with E-state index in [1.54, 1.807) is 0 Å². The summed E-state index contributed by atoms with van der Waals surface area (Å²) in [4.78, 5) is 11.1. The lowest BCUT2D eigenvalue weighted by Gasteiger charge is -2.08. The van der Waals surface area contributed by atoms with Crippen molar-refractivity contribution in [1.82, 2.24) is 5.32 Å². The van der Waals surface area contributed by atoms with Crippen LogP contribution in [0.5, 0.6) is 0 Å². The van der Waals surface area contributed by atoms with Gasteiger partial charge >= 0.3 is 0 Å². The van der Waals surface area contributed by atoms with Crippen molar-refractivity contribution < 1.29 is 15.7 Å². The van der Waals surface area contributed by atoms with Crippen LogP contribution in [0.4, 0.5) is 0 Å². The first-order valence-electron chi connectivity index (χ1n) is 5.11. The standard InChI is InChI=1S/C10H21NO3.H2/c1-4-13-7-8-14-6-5-11-10(12)9(2)3;/h9H,4-8H2,1-3H3,(H,11,12);1H. The van der Waals surface area contributed by atoms with Gasteiger partial charge in [-0.25, -0.2) is 0 Å². The number of ether oxygens (including phenoxy) is 2. The fourth-order valence-corrected chi connectivity index (χ4v) is 0.815. The van der Waals surface area contributed by atoms with E-state index in [0.717, 1.165) is 0 Å². The largest absolute Gasteiger partial charge is 0.379 e. The predicted octanol–water partition coefficient (Wildman–Crippen LogP) is 1.06. The number of carbonyl (C=O) groups is 1. The Labute approximate surface area is 87.4 Å². The number of amides is 1. The van der Waals surface area contributed by atoms with Crippen molar-refractivity contribution in [2.45, 2.75) is 20.8 Å². The molecule has 0 unspecified atom stereocenters. The van der Waals surface area contributed by atoms with E-state index in [-0.39, 0.29) is 13.3 Å². The van der Waals surface area contributed by atoms with Crippen LogP contribution in [0.3, 0.4) is 0 Å². The minimum atomic E-state index is 0. The molecule has 0 aromatic rings. The van der Waals surface area contributed by atoms with Crippen LogP contribution < -0.4 is 5.32 Å². The second-order valence-corrected chi connectivity index (χ2v) is 3.26. The molecule has 4 heteroatoms. The summed E-state index contributed by atoms with van der Waals surface area (Å²) in [6, 6.07) is 0. The number of hydrogen-bond donors (Lipinski definition) is 1. The molecule has 0 radical (unpaired) electrons. The molecule has 0 fully saturated rings. The summed E-state index contributed by atoms with van der Waals surface area (Å²) in [7, 11) is 0. The van der Waals surface area contributed by atoms with Crippen molar-refractivity contribution in [3.63, 3.8) is 0 Å². The van der Waals surface area contributed by atoms with Crippen LogP contribution in [0.15, 0.2) is 0 Å². The smallest absolute Gasteiger partial charge is 0.222 e. The van der Waals surface area contributed by atoms with Crippen LogP contribution >= 0.6 is 0 Å². The number of rotatable bonds is 8. The van der Waals surface area contributed by atoms with E-state index in [9.17, 15) is 4.79 Å². The Hall–Kier alpha value is -0.610. The molecule has 0 bridgehead atoms. The molecule has 1 amide bonds. The molecule has 0 heterocycles. The molecule has 0 atom stereocenters. The van der Waals surface area contributed by atoms with E-state index >= 15 is 0 Å². The zero-order valence-corrected chi connectivity index (χ0v) is 9.34. The highest BCUT2D eigenvalue weighted by molar-refractivity contribution is 5.77. The SMILES string of the molecule is CCOCCOCCNC(=O)C(C)C.[HH]. The molecule has 0 aliphatic rings. The maximum absolute atomic E-state index is 11.1. The van der Waals surface area contributed by atoms with Crippen LogP contribution in [-0.4, -0.2) is 38.9 Å². The lowest BCUT2D eigenvalue weighted by Crippen LogP contribution is -2.31. The molecule has 0 aromatic heterocycles. The molecule has 0 saturated heterocycles. The summed E-state index contributed by atoms with van der Waals surface area (Å²) >= 11 is 0. The third-order valence-electron chi connectivity index (χ3n) is 1.65. The van der Waals surface area contributed by atoms with Crippen LogP contribution in [0.25, 0.3) is 0 Å². The molecule has 86 valence electrons. The maximum Gasteiger partial charge on any atom is 0.222 e. The highest BCUT2D eigenvalue weighted by Crippen LogP contribution is 1.89. The van der Waals surface area contributed by atoms with Crippen molar-refractivity contribution in [1.29, 1.82) is 0 Å². The summed E-state index contributed by atoms with van der Waals surface area (Å²) in [6.45, 7) is 8.72. The molecule has 0 aliphatic heterocycles. The Bertz CT molecular complexity index is 154. The maximum atomic E-state index is 11.1. The van der Waals surface area contributed by atoms with Gasteiger partial charge in [0.25, 0.3) is 0 Å². The average molecular weight is 205 g/mol. The molecule has 0 rings (SSSR count). The second kappa shape index (κ2) is 8.97. The summed E-state index contributed by atoms with van der Waals surface area (Å²) < 4.78 is 10.3. The third-order valence-corrected chi connectivity index (χ3v) is 1.65. The van der Waals surface area contributed by atoms with Crippen molar-refractivity contribution in [2.75, 3.05) is 33.0 Å². The fraction of sp³-hybridized carbons (Fsp3) is 0.900. The number of nitrogens with one attached hydrogen (secondary N) is 1.